The van der Waals surface area contributed by atoms with Crippen LogP contribution in [-0.2, 0) is 14.3 Å². The Morgan fingerprint density at radius 1 is 1.17 bits per heavy atom. The number of esters is 1. The predicted molar refractivity (Wildman–Crippen MR) is 120 cm³/mol. The van der Waals surface area contributed by atoms with Crippen LogP contribution in [0.5, 0.6) is 0 Å². The Bertz CT molecular complexity index is 753. The van der Waals surface area contributed by atoms with E-state index in [0.717, 1.165) is 18.8 Å². The lowest BCUT2D eigenvalue weighted by atomic mass is 9.43. The van der Waals surface area contributed by atoms with E-state index in [1.54, 1.807) is 0 Å². The average molecular weight is 415 g/mol. The summed E-state index contributed by atoms with van der Waals surface area (Å²) in [6.07, 6.45) is 12.1. The van der Waals surface area contributed by atoms with Crippen molar-refractivity contribution >= 4 is 11.8 Å². The van der Waals surface area contributed by atoms with Crippen molar-refractivity contribution in [3.63, 3.8) is 0 Å². The van der Waals surface area contributed by atoms with Crippen LogP contribution in [0.2, 0.25) is 0 Å². The molecule has 0 aromatic heterocycles. The van der Waals surface area contributed by atoms with Crippen molar-refractivity contribution in [2.75, 3.05) is 7.11 Å². The summed E-state index contributed by atoms with van der Waals surface area (Å²) in [4.78, 5) is 25.4. The maximum atomic E-state index is 13.8. The lowest BCUT2D eigenvalue weighted by Crippen LogP contribution is -2.54. The van der Waals surface area contributed by atoms with Crippen molar-refractivity contribution in [1.29, 1.82) is 0 Å². The number of methoxy groups -OCH3 is 1. The van der Waals surface area contributed by atoms with Crippen LogP contribution in [0.1, 0.15) is 92.4 Å². The summed E-state index contributed by atoms with van der Waals surface area (Å²) in [6.45, 7) is 11.9. The van der Waals surface area contributed by atoms with Crippen LogP contribution in [0.25, 0.3) is 0 Å². The van der Waals surface area contributed by atoms with Gasteiger partial charge >= 0.3 is 5.97 Å². The maximum absolute atomic E-state index is 13.8. The van der Waals surface area contributed by atoms with E-state index in [4.69, 9.17) is 4.74 Å². The van der Waals surface area contributed by atoms with Crippen molar-refractivity contribution in [2.24, 2.45) is 45.8 Å². The molecule has 0 radical (unpaired) electrons. The molecular weight excluding hydrogens is 372 g/mol. The SMILES string of the molecule is COC(=O)CC[C@@H](C)[C@H]1CC[C@H]2[C@@H]3CC[C@]4(C)C[C@H](C)CC[C@]4(C)C3=CC(=O)[C@]12C. The number of ether oxygens (including phenoxy) is 1. The molecule has 3 saturated carbocycles. The van der Waals surface area contributed by atoms with Gasteiger partial charge in [0, 0.05) is 11.8 Å². The molecule has 4 rings (SSSR count). The molecule has 3 fully saturated rings. The van der Waals surface area contributed by atoms with Crippen LogP contribution in [-0.4, -0.2) is 18.9 Å². The van der Waals surface area contributed by atoms with E-state index >= 15 is 0 Å². The van der Waals surface area contributed by atoms with Gasteiger partial charge in [0.1, 0.15) is 0 Å². The number of hydrogen-bond acceptors (Lipinski definition) is 3. The highest BCUT2D eigenvalue weighted by molar-refractivity contribution is 5.97. The minimum absolute atomic E-state index is 0.135. The minimum atomic E-state index is -0.254. The van der Waals surface area contributed by atoms with E-state index in [2.05, 4.69) is 40.7 Å². The normalized spacial score (nSPS) is 46.3. The second kappa shape index (κ2) is 7.48. The van der Waals surface area contributed by atoms with Gasteiger partial charge < -0.3 is 4.74 Å². The van der Waals surface area contributed by atoms with Crippen LogP contribution in [0.4, 0.5) is 0 Å². The number of allylic oxidation sites excluding steroid dienone is 2. The summed E-state index contributed by atoms with van der Waals surface area (Å²) < 4.78 is 4.85. The first-order valence-corrected chi connectivity index (χ1v) is 12.4. The van der Waals surface area contributed by atoms with E-state index < -0.39 is 0 Å². The Morgan fingerprint density at radius 3 is 2.60 bits per heavy atom. The standard InChI is InChI=1S/C27H42O3/c1-17-11-14-26(4)22-15-23(28)27(5)20(18(2)7-10-24(29)30-6)8-9-21(27)19(22)12-13-25(26,3)16-17/h15,17-21H,7-14,16H2,1-6H3/t17-,18-,19+,20-,21+,25-,26-,27-/m1/s1. The second-order valence-corrected chi connectivity index (χ2v) is 12.0. The van der Waals surface area contributed by atoms with E-state index in [9.17, 15) is 9.59 Å². The van der Waals surface area contributed by atoms with Gasteiger partial charge in [-0.25, -0.2) is 0 Å². The molecule has 4 aliphatic rings. The topological polar surface area (TPSA) is 43.4 Å². The van der Waals surface area contributed by atoms with Crippen molar-refractivity contribution in [1.82, 2.24) is 0 Å². The monoisotopic (exact) mass is 414 g/mol. The predicted octanol–water partition coefficient (Wildman–Crippen LogP) is 6.36. The Labute approximate surface area is 183 Å². The van der Waals surface area contributed by atoms with Gasteiger partial charge in [-0.2, -0.15) is 0 Å². The largest absolute Gasteiger partial charge is 0.469 e. The molecule has 0 heterocycles. The van der Waals surface area contributed by atoms with Crippen LogP contribution in [0.15, 0.2) is 11.6 Å². The molecule has 30 heavy (non-hydrogen) atoms. The zero-order valence-electron chi connectivity index (χ0n) is 20.1. The van der Waals surface area contributed by atoms with Crippen LogP contribution in [0.3, 0.4) is 0 Å². The molecule has 0 amide bonds. The molecule has 8 atom stereocenters. The van der Waals surface area contributed by atoms with Crippen molar-refractivity contribution in [3.8, 4) is 0 Å². The zero-order chi connectivity index (χ0) is 21.9. The molecule has 0 N–H and O–H groups in total. The summed E-state index contributed by atoms with van der Waals surface area (Å²) >= 11 is 0. The fraction of sp³-hybridized carbons (Fsp3) is 0.852. The van der Waals surface area contributed by atoms with Gasteiger partial charge in [0.15, 0.2) is 5.78 Å². The summed E-state index contributed by atoms with van der Waals surface area (Å²) in [5.41, 5.74) is 1.79. The van der Waals surface area contributed by atoms with Gasteiger partial charge in [0.2, 0.25) is 0 Å². The first-order valence-electron chi connectivity index (χ1n) is 12.4. The number of hydrogen-bond donors (Lipinski definition) is 0. The average Bonchev–Trinajstić information content (AvgIpc) is 3.06. The van der Waals surface area contributed by atoms with E-state index in [1.807, 2.05) is 0 Å². The van der Waals surface area contributed by atoms with E-state index in [0.29, 0.717) is 41.3 Å². The van der Waals surface area contributed by atoms with Gasteiger partial charge in [0.05, 0.1) is 7.11 Å². The highest BCUT2D eigenvalue weighted by Crippen LogP contribution is 2.69. The van der Waals surface area contributed by atoms with Crippen LogP contribution in [0, 0.1) is 45.8 Å². The Hall–Kier alpha value is -1.12. The third-order valence-corrected chi connectivity index (χ3v) is 10.7. The first-order chi connectivity index (χ1) is 14.1. The van der Waals surface area contributed by atoms with Crippen molar-refractivity contribution in [3.05, 3.63) is 11.6 Å². The number of ketones is 1. The quantitative estimate of drug-likeness (QED) is 0.503. The van der Waals surface area contributed by atoms with Gasteiger partial charge in [-0.1, -0.05) is 40.2 Å². The molecule has 0 saturated heterocycles. The summed E-state index contributed by atoms with van der Waals surface area (Å²) in [5, 5.41) is 0. The molecule has 0 aliphatic heterocycles. The van der Waals surface area contributed by atoms with E-state index in [-0.39, 0.29) is 16.8 Å². The van der Waals surface area contributed by atoms with Crippen molar-refractivity contribution < 1.29 is 14.3 Å². The van der Waals surface area contributed by atoms with Gasteiger partial charge in [0.25, 0.3) is 0 Å². The van der Waals surface area contributed by atoms with Gasteiger partial charge in [-0.3, -0.25) is 9.59 Å². The smallest absolute Gasteiger partial charge is 0.305 e. The fourth-order valence-corrected chi connectivity index (χ4v) is 8.57. The zero-order valence-corrected chi connectivity index (χ0v) is 20.1. The van der Waals surface area contributed by atoms with Gasteiger partial charge in [-0.05, 0) is 97.9 Å². The lowest BCUT2D eigenvalue weighted by molar-refractivity contribution is -0.141. The van der Waals surface area contributed by atoms with Crippen molar-refractivity contribution in [2.45, 2.75) is 92.4 Å². The summed E-state index contributed by atoms with van der Waals surface area (Å²) in [7, 11) is 1.46. The molecule has 0 spiro atoms. The van der Waals surface area contributed by atoms with E-state index in [1.165, 1.54) is 51.2 Å². The van der Waals surface area contributed by atoms with Crippen LogP contribution < -0.4 is 0 Å². The van der Waals surface area contributed by atoms with Gasteiger partial charge in [-0.15, -0.1) is 0 Å². The molecule has 0 aromatic carbocycles. The van der Waals surface area contributed by atoms with Crippen LogP contribution >= 0.6 is 0 Å². The molecule has 0 unspecified atom stereocenters. The highest BCUT2D eigenvalue weighted by Gasteiger charge is 2.63. The Kier molecular flexibility index (Phi) is 5.51. The number of rotatable bonds is 4. The molecule has 4 aliphatic carbocycles. The fourth-order valence-electron chi connectivity index (χ4n) is 8.57. The molecular formula is C27H42O3. The first kappa shape index (κ1) is 22.1. The number of carbonyl (C=O) groups is 2. The Morgan fingerprint density at radius 2 is 1.90 bits per heavy atom. The number of fused-ring (bicyclic) bond motifs is 5. The summed E-state index contributed by atoms with van der Waals surface area (Å²) in [5.74, 6) is 2.87. The third-order valence-electron chi connectivity index (χ3n) is 10.7. The Balaban J connectivity index is 1.63. The molecule has 3 nitrogen and oxygen atoms in total. The highest BCUT2D eigenvalue weighted by atomic mass is 16.5. The molecule has 0 bridgehead atoms. The minimum Gasteiger partial charge on any atom is -0.469 e. The number of carbonyl (C=O) groups excluding carboxylic acids is 2. The second-order valence-electron chi connectivity index (χ2n) is 12.0. The molecule has 0 aromatic rings. The lowest BCUT2D eigenvalue weighted by Gasteiger charge is -2.61. The third kappa shape index (κ3) is 3.05. The maximum Gasteiger partial charge on any atom is 0.305 e. The molecule has 168 valence electrons. The summed E-state index contributed by atoms with van der Waals surface area (Å²) in [6, 6.07) is 0. The molecule has 3 heteroatoms.